The largest absolute Gasteiger partial charge is 0.491 e. The lowest BCUT2D eigenvalue weighted by Gasteiger charge is -2.14. The highest BCUT2D eigenvalue weighted by atomic mass is 16.5. The molecule has 0 aliphatic carbocycles. The van der Waals surface area contributed by atoms with Gasteiger partial charge in [-0.2, -0.15) is 0 Å². The van der Waals surface area contributed by atoms with Crippen LogP contribution in [-0.2, 0) is 11.3 Å². The lowest BCUT2D eigenvalue weighted by atomic mass is 10.2. The van der Waals surface area contributed by atoms with Crippen LogP contribution in [0.2, 0.25) is 0 Å². The third kappa shape index (κ3) is 5.30. The molecule has 23 heavy (non-hydrogen) atoms. The summed E-state index contributed by atoms with van der Waals surface area (Å²) in [7, 11) is 1.59. The maximum atomic E-state index is 11.2. The van der Waals surface area contributed by atoms with Gasteiger partial charge in [0.15, 0.2) is 0 Å². The topological polar surface area (TPSA) is 65.0 Å². The fraction of sp³-hybridized carbons (Fsp3) is 0.278. The normalized spacial score (nSPS) is 11.7. The third-order valence-corrected chi connectivity index (χ3v) is 3.26. The first kappa shape index (κ1) is 16.8. The molecular formula is C18H20O5. The van der Waals surface area contributed by atoms with E-state index < -0.39 is 5.97 Å². The molecule has 122 valence electrons. The molecule has 1 atom stereocenters. The zero-order chi connectivity index (χ0) is 16.7. The van der Waals surface area contributed by atoms with Gasteiger partial charge in [-0.3, -0.25) is 0 Å². The second-order valence-electron chi connectivity index (χ2n) is 5.13. The second kappa shape index (κ2) is 8.19. The quantitative estimate of drug-likeness (QED) is 0.809. The molecule has 1 unspecified atom stereocenters. The van der Waals surface area contributed by atoms with Crippen LogP contribution in [0.15, 0.2) is 48.5 Å². The highest BCUT2D eigenvalue weighted by Crippen LogP contribution is 2.24. The Morgan fingerprint density at radius 2 is 1.74 bits per heavy atom. The summed E-state index contributed by atoms with van der Waals surface area (Å²) >= 11 is 0. The van der Waals surface area contributed by atoms with Crippen LogP contribution in [-0.4, -0.2) is 30.9 Å². The number of carboxylic acids is 1. The van der Waals surface area contributed by atoms with Gasteiger partial charge in [-0.05, 0) is 24.6 Å². The van der Waals surface area contributed by atoms with Crippen molar-refractivity contribution in [1.82, 2.24) is 0 Å². The number of methoxy groups -OCH3 is 1. The first-order chi connectivity index (χ1) is 11.1. The number of hydrogen-bond acceptors (Lipinski definition) is 4. The van der Waals surface area contributed by atoms with E-state index in [1.165, 1.54) is 12.1 Å². The van der Waals surface area contributed by atoms with Gasteiger partial charge in [-0.25, -0.2) is 4.79 Å². The SMILES string of the molecule is COC(C)COc1cc(OCc2ccccc2)cc(C(=O)O)c1. The summed E-state index contributed by atoms with van der Waals surface area (Å²) in [5, 5.41) is 9.21. The lowest BCUT2D eigenvalue weighted by molar-refractivity contribution is 0.0687. The van der Waals surface area contributed by atoms with E-state index >= 15 is 0 Å². The zero-order valence-electron chi connectivity index (χ0n) is 13.2. The van der Waals surface area contributed by atoms with Crippen molar-refractivity contribution in [1.29, 1.82) is 0 Å². The molecular weight excluding hydrogens is 296 g/mol. The van der Waals surface area contributed by atoms with E-state index in [-0.39, 0.29) is 11.7 Å². The van der Waals surface area contributed by atoms with Crippen molar-refractivity contribution in [3.63, 3.8) is 0 Å². The van der Waals surface area contributed by atoms with Gasteiger partial charge in [0.2, 0.25) is 0 Å². The van der Waals surface area contributed by atoms with E-state index in [1.54, 1.807) is 13.2 Å². The van der Waals surface area contributed by atoms with Gasteiger partial charge in [-0.15, -0.1) is 0 Å². The summed E-state index contributed by atoms with van der Waals surface area (Å²) in [6.45, 7) is 2.56. The van der Waals surface area contributed by atoms with Crippen molar-refractivity contribution in [3.05, 3.63) is 59.7 Å². The number of rotatable bonds is 8. The average Bonchev–Trinajstić information content (AvgIpc) is 2.58. The van der Waals surface area contributed by atoms with E-state index in [2.05, 4.69) is 0 Å². The summed E-state index contributed by atoms with van der Waals surface area (Å²) in [5.41, 5.74) is 1.12. The minimum absolute atomic E-state index is 0.0860. The first-order valence-electron chi connectivity index (χ1n) is 7.29. The van der Waals surface area contributed by atoms with Crippen LogP contribution in [0.3, 0.4) is 0 Å². The number of benzene rings is 2. The highest BCUT2D eigenvalue weighted by Gasteiger charge is 2.10. The highest BCUT2D eigenvalue weighted by molar-refractivity contribution is 5.88. The van der Waals surface area contributed by atoms with Crippen molar-refractivity contribution in [2.75, 3.05) is 13.7 Å². The molecule has 0 aliphatic rings. The summed E-state index contributed by atoms with van der Waals surface area (Å²) in [4.78, 5) is 11.2. The van der Waals surface area contributed by atoms with Gasteiger partial charge in [0.1, 0.15) is 24.7 Å². The molecule has 0 bridgehead atoms. The van der Waals surface area contributed by atoms with Crippen LogP contribution >= 0.6 is 0 Å². The molecule has 0 saturated heterocycles. The fourth-order valence-corrected chi connectivity index (χ4v) is 1.88. The molecule has 1 N–H and O–H groups in total. The number of ether oxygens (including phenoxy) is 3. The third-order valence-electron chi connectivity index (χ3n) is 3.26. The van der Waals surface area contributed by atoms with E-state index in [4.69, 9.17) is 14.2 Å². The van der Waals surface area contributed by atoms with Gasteiger partial charge < -0.3 is 19.3 Å². The lowest BCUT2D eigenvalue weighted by Crippen LogP contribution is -2.16. The monoisotopic (exact) mass is 316 g/mol. The van der Waals surface area contributed by atoms with E-state index in [0.717, 1.165) is 5.56 Å². The van der Waals surface area contributed by atoms with Crippen molar-refractivity contribution >= 4 is 5.97 Å². The maximum Gasteiger partial charge on any atom is 0.335 e. The Hall–Kier alpha value is -2.53. The molecule has 0 saturated carbocycles. The van der Waals surface area contributed by atoms with Gasteiger partial charge in [0.05, 0.1) is 11.7 Å². The molecule has 2 rings (SSSR count). The molecule has 0 radical (unpaired) electrons. The van der Waals surface area contributed by atoms with Crippen LogP contribution in [0.4, 0.5) is 0 Å². The van der Waals surface area contributed by atoms with E-state index in [9.17, 15) is 9.90 Å². The zero-order valence-corrected chi connectivity index (χ0v) is 13.2. The second-order valence-corrected chi connectivity index (χ2v) is 5.13. The van der Waals surface area contributed by atoms with Crippen molar-refractivity contribution in [3.8, 4) is 11.5 Å². The Morgan fingerprint density at radius 1 is 1.09 bits per heavy atom. The number of aromatic carboxylic acids is 1. The summed E-state index contributed by atoms with van der Waals surface area (Å²) < 4.78 is 16.4. The number of carbonyl (C=O) groups is 1. The average molecular weight is 316 g/mol. The number of carboxylic acid groups (broad SMARTS) is 1. The Kier molecular flexibility index (Phi) is 6.00. The Morgan fingerprint density at radius 3 is 2.35 bits per heavy atom. The van der Waals surface area contributed by atoms with Crippen molar-refractivity contribution < 1.29 is 24.1 Å². The van der Waals surface area contributed by atoms with E-state index in [0.29, 0.717) is 24.7 Å². The summed E-state index contributed by atoms with van der Waals surface area (Å²) in [6.07, 6.45) is -0.0860. The van der Waals surface area contributed by atoms with Crippen molar-refractivity contribution in [2.45, 2.75) is 19.6 Å². The first-order valence-corrected chi connectivity index (χ1v) is 7.29. The Labute approximate surface area is 135 Å². The molecule has 2 aromatic rings. The molecule has 5 heteroatoms. The molecule has 0 heterocycles. The maximum absolute atomic E-state index is 11.2. The number of hydrogen-bond donors (Lipinski definition) is 1. The van der Waals surface area contributed by atoms with Gasteiger partial charge in [0, 0.05) is 13.2 Å². The predicted molar refractivity (Wildman–Crippen MR) is 86.1 cm³/mol. The Balaban J connectivity index is 2.11. The Bertz CT molecular complexity index is 639. The van der Waals surface area contributed by atoms with Gasteiger partial charge in [-0.1, -0.05) is 30.3 Å². The van der Waals surface area contributed by atoms with Crippen LogP contribution < -0.4 is 9.47 Å². The van der Waals surface area contributed by atoms with Crippen LogP contribution in [0.1, 0.15) is 22.8 Å². The fourth-order valence-electron chi connectivity index (χ4n) is 1.88. The minimum atomic E-state index is -1.03. The molecule has 0 aliphatic heterocycles. The van der Waals surface area contributed by atoms with Gasteiger partial charge in [0.25, 0.3) is 0 Å². The van der Waals surface area contributed by atoms with Crippen molar-refractivity contribution in [2.24, 2.45) is 0 Å². The molecule has 2 aromatic carbocycles. The molecule has 0 fully saturated rings. The van der Waals surface area contributed by atoms with Crippen LogP contribution in [0, 0.1) is 0 Å². The summed E-state index contributed by atoms with van der Waals surface area (Å²) in [6, 6.07) is 14.3. The molecule has 0 aromatic heterocycles. The van der Waals surface area contributed by atoms with Crippen LogP contribution in [0.5, 0.6) is 11.5 Å². The van der Waals surface area contributed by atoms with Crippen LogP contribution in [0.25, 0.3) is 0 Å². The minimum Gasteiger partial charge on any atom is -0.491 e. The summed E-state index contributed by atoms with van der Waals surface area (Å²) in [5.74, 6) is -0.134. The standard InChI is InChI=1S/C18H20O5/c1-13(21-2)11-22-16-8-15(18(19)20)9-17(10-16)23-12-14-6-4-3-5-7-14/h3-10,13H,11-12H2,1-2H3,(H,19,20). The van der Waals surface area contributed by atoms with Gasteiger partial charge >= 0.3 is 5.97 Å². The predicted octanol–water partition coefficient (Wildman–Crippen LogP) is 3.38. The molecule has 0 spiro atoms. The molecule has 0 amide bonds. The smallest absolute Gasteiger partial charge is 0.335 e. The van der Waals surface area contributed by atoms with E-state index in [1.807, 2.05) is 37.3 Å². The molecule has 5 nitrogen and oxygen atoms in total.